The fourth-order valence-corrected chi connectivity index (χ4v) is 6.29. The van der Waals surface area contributed by atoms with Gasteiger partial charge in [-0.15, -0.1) is 22.7 Å². The summed E-state index contributed by atoms with van der Waals surface area (Å²) in [6.45, 7) is 2.26. The third kappa shape index (κ3) is 3.41. The second kappa shape index (κ2) is 7.67. The van der Waals surface area contributed by atoms with Crippen LogP contribution in [0.2, 0.25) is 0 Å². The van der Waals surface area contributed by atoms with E-state index in [4.69, 9.17) is 5.73 Å². The first-order chi connectivity index (χ1) is 16.0. The first-order valence-corrected chi connectivity index (χ1v) is 12.6. The van der Waals surface area contributed by atoms with Crippen LogP contribution in [0.1, 0.15) is 39.4 Å². The van der Waals surface area contributed by atoms with Crippen LogP contribution in [0.3, 0.4) is 0 Å². The number of fused-ring (bicyclic) bond motifs is 2. The predicted octanol–water partition coefficient (Wildman–Crippen LogP) is 3.44. The number of aromatic nitrogens is 3. The number of hydrogen-bond acceptors (Lipinski definition) is 7. The highest BCUT2D eigenvalue weighted by atomic mass is 32.1. The Morgan fingerprint density at radius 3 is 2.88 bits per heavy atom. The van der Waals surface area contributed by atoms with E-state index in [0.29, 0.717) is 40.2 Å². The number of carbonyl (C=O) groups is 2. The zero-order chi connectivity index (χ0) is 22.7. The third-order valence-corrected chi connectivity index (χ3v) is 7.98. The van der Waals surface area contributed by atoms with Crippen molar-refractivity contribution in [2.45, 2.75) is 31.8 Å². The average molecular weight is 479 g/mol. The summed E-state index contributed by atoms with van der Waals surface area (Å²) >= 11 is 2.86. The Hall–Kier alpha value is -3.24. The van der Waals surface area contributed by atoms with Gasteiger partial charge in [-0.2, -0.15) is 0 Å². The molecule has 0 radical (unpaired) electrons. The summed E-state index contributed by atoms with van der Waals surface area (Å²) in [6, 6.07) is 7.74. The fraction of sp³-hybridized carbons (Fsp3) is 0.304. The molecule has 4 aromatic rings. The van der Waals surface area contributed by atoms with Crippen molar-refractivity contribution >= 4 is 44.6 Å². The number of thiazole rings is 2. The molecular weight excluding hydrogens is 456 g/mol. The molecule has 0 bridgehead atoms. The SMILES string of the molecule is Cc1nc2sccn2c1C(=O)NC[C@@H]1CC2CC2N1C(=O)c1ccccc1-c1csc(N)n1. The molecule has 4 heterocycles. The molecule has 2 unspecified atom stereocenters. The van der Waals surface area contributed by atoms with E-state index >= 15 is 0 Å². The van der Waals surface area contributed by atoms with E-state index in [1.807, 2.05) is 57.4 Å². The number of hydrogen-bond donors (Lipinski definition) is 2. The van der Waals surface area contributed by atoms with Crippen molar-refractivity contribution in [3.8, 4) is 11.3 Å². The number of imidazole rings is 1. The van der Waals surface area contributed by atoms with Gasteiger partial charge >= 0.3 is 0 Å². The Bertz CT molecular complexity index is 1390. The van der Waals surface area contributed by atoms with Crippen LogP contribution in [0, 0.1) is 12.8 Å². The Labute approximate surface area is 198 Å². The number of benzene rings is 1. The standard InChI is InChI=1S/C23H22N6O2S2/c1-12-19(28-6-7-32-23(28)26-12)20(30)25-10-14-8-13-9-18(13)29(14)21(31)16-5-3-2-4-15(16)17-11-33-22(24)27-17/h2-7,11,13-14,18H,8-10H2,1H3,(H2,24,27)(H,25,30)/t13?,14-,18?/m0/s1. The van der Waals surface area contributed by atoms with Gasteiger partial charge in [0.1, 0.15) is 5.69 Å². The number of amides is 2. The summed E-state index contributed by atoms with van der Waals surface area (Å²) in [4.78, 5) is 38.3. The quantitative estimate of drug-likeness (QED) is 0.457. The minimum Gasteiger partial charge on any atom is -0.375 e. The third-order valence-electron chi connectivity index (χ3n) is 6.55. The summed E-state index contributed by atoms with van der Waals surface area (Å²) in [5.41, 5.74) is 9.22. The molecule has 3 N–H and O–H groups in total. The number of nitrogens with zero attached hydrogens (tertiary/aromatic N) is 4. The maximum atomic E-state index is 13.7. The van der Waals surface area contributed by atoms with Crippen LogP contribution in [0.15, 0.2) is 41.2 Å². The summed E-state index contributed by atoms with van der Waals surface area (Å²) < 4.78 is 1.82. The second-order valence-electron chi connectivity index (χ2n) is 8.59. The Balaban J connectivity index is 1.23. The van der Waals surface area contributed by atoms with Crippen LogP contribution in [0.25, 0.3) is 16.2 Å². The Morgan fingerprint density at radius 2 is 2.06 bits per heavy atom. The van der Waals surface area contributed by atoms with E-state index in [-0.39, 0.29) is 23.9 Å². The molecule has 2 aliphatic rings. The van der Waals surface area contributed by atoms with Crippen molar-refractivity contribution in [3.05, 3.63) is 58.2 Å². The van der Waals surface area contributed by atoms with Crippen LogP contribution in [0.4, 0.5) is 5.13 Å². The van der Waals surface area contributed by atoms with E-state index < -0.39 is 0 Å². The maximum Gasteiger partial charge on any atom is 0.270 e. The van der Waals surface area contributed by atoms with Gasteiger partial charge in [0.05, 0.1) is 17.4 Å². The summed E-state index contributed by atoms with van der Waals surface area (Å²) in [5, 5.41) is 7.33. The summed E-state index contributed by atoms with van der Waals surface area (Å²) in [7, 11) is 0. The molecule has 3 aromatic heterocycles. The number of likely N-dealkylation sites (tertiary alicyclic amines) is 1. The molecule has 8 nitrogen and oxygen atoms in total. The van der Waals surface area contributed by atoms with E-state index in [2.05, 4.69) is 15.3 Å². The molecule has 0 spiro atoms. The molecule has 2 fully saturated rings. The minimum atomic E-state index is -0.162. The molecule has 2 amide bonds. The van der Waals surface area contributed by atoms with Gasteiger partial charge in [0, 0.05) is 40.7 Å². The number of nitrogens with one attached hydrogen (secondary N) is 1. The summed E-state index contributed by atoms with van der Waals surface area (Å²) in [6.07, 6.45) is 3.79. The lowest BCUT2D eigenvalue weighted by Crippen LogP contribution is -2.45. The maximum absolute atomic E-state index is 13.7. The van der Waals surface area contributed by atoms with Gasteiger partial charge in [-0.05, 0) is 31.7 Å². The van der Waals surface area contributed by atoms with Crippen LogP contribution in [-0.4, -0.2) is 49.7 Å². The lowest BCUT2D eigenvalue weighted by molar-refractivity contribution is 0.0689. The van der Waals surface area contributed by atoms with Crippen molar-refractivity contribution in [1.82, 2.24) is 24.6 Å². The smallest absolute Gasteiger partial charge is 0.270 e. The molecule has 1 saturated carbocycles. The predicted molar refractivity (Wildman–Crippen MR) is 129 cm³/mol. The van der Waals surface area contributed by atoms with Crippen molar-refractivity contribution in [2.24, 2.45) is 5.92 Å². The first-order valence-electron chi connectivity index (χ1n) is 10.8. The number of carbonyl (C=O) groups excluding carboxylic acids is 2. The number of piperidine rings is 1. The molecule has 6 rings (SSSR count). The molecule has 168 valence electrons. The molecule has 3 atom stereocenters. The lowest BCUT2D eigenvalue weighted by atomic mass is 10.0. The number of nitrogens with two attached hydrogens (primary N) is 1. The fourth-order valence-electron chi connectivity index (χ4n) is 4.96. The minimum absolute atomic E-state index is 0.0119. The molecule has 33 heavy (non-hydrogen) atoms. The van der Waals surface area contributed by atoms with Crippen molar-refractivity contribution in [1.29, 1.82) is 0 Å². The highest BCUT2D eigenvalue weighted by Gasteiger charge is 2.54. The highest BCUT2D eigenvalue weighted by Crippen LogP contribution is 2.48. The average Bonchev–Trinajstić information content (AvgIpc) is 3.17. The van der Waals surface area contributed by atoms with Gasteiger partial charge in [-0.25, -0.2) is 9.97 Å². The second-order valence-corrected chi connectivity index (χ2v) is 10.4. The monoisotopic (exact) mass is 478 g/mol. The van der Waals surface area contributed by atoms with Crippen molar-refractivity contribution in [3.63, 3.8) is 0 Å². The van der Waals surface area contributed by atoms with E-state index in [0.717, 1.165) is 23.4 Å². The number of nitrogen functional groups attached to an aromatic ring is 1. The number of anilines is 1. The highest BCUT2D eigenvalue weighted by molar-refractivity contribution is 7.15. The Morgan fingerprint density at radius 1 is 1.21 bits per heavy atom. The van der Waals surface area contributed by atoms with Crippen LogP contribution >= 0.6 is 22.7 Å². The lowest BCUT2D eigenvalue weighted by Gasteiger charge is -2.28. The number of rotatable bonds is 5. The van der Waals surface area contributed by atoms with E-state index in [1.54, 1.807) is 0 Å². The van der Waals surface area contributed by atoms with Gasteiger partial charge in [0.15, 0.2) is 10.1 Å². The largest absolute Gasteiger partial charge is 0.375 e. The van der Waals surface area contributed by atoms with Crippen LogP contribution < -0.4 is 11.1 Å². The topological polar surface area (TPSA) is 106 Å². The molecule has 1 aromatic carbocycles. The van der Waals surface area contributed by atoms with Crippen molar-refractivity contribution < 1.29 is 9.59 Å². The Kier molecular flexibility index (Phi) is 4.73. The normalized spacial score (nSPS) is 21.4. The van der Waals surface area contributed by atoms with E-state index in [1.165, 1.54) is 22.7 Å². The van der Waals surface area contributed by atoms with Crippen LogP contribution in [-0.2, 0) is 0 Å². The first kappa shape index (κ1) is 20.4. The molecule has 1 aliphatic heterocycles. The van der Waals surface area contributed by atoms with Gasteiger partial charge in [-0.3, -0.25) is 14.0 Å². The van der Waals surface area contributed by atoms with Gasteiger partial charge < -0.3 is 16.0 Å². The molecule has 1 saturated heterocycles. The zero-order valence-electron chi connectivity index (χ0n) is 17.9. The van der Waals surface area contributed by atoms with Crippen LogP contribution in [0.5, 0.6) is 0 Å². The zero-order valence-corrected chi connectivity index (χ0v) is 19.5. The molecule has 10 heteroatoms. The summed E-state index contributed by atoms with van der Waals surface area (Å²) in [5.74, 6) is 0.338. The van der Waals surface area contributed by atoms with Gasteiger partial charge in [0.25, 0.3) is 11.8 Å². The van der Waals surface area contributed by atoms with Gasteiger partial charge in [0.2, 0.25) is 0 Å². The van der Waals surface area contributed by atoms with E-state index in [9.17, 15) is 9.59 Å². The molecule has 1 aliphatic carbocycles. The molecular formula is C23H22N6O2S2. The van der Waals surface area contributed by atoms with Crippen molar-refractivity contribution in [2.75, 3.05) is 12.3 Å². The number of aryl methyl sites for hydroxylation is 1. The van der Waals surface area contributed by atoms with Gasteiger partial charge in [-0.1, -0.05) is 18.2 Å².